The summed E-state index contributed by atoms with van der Waals surface area (Å²) in [5.74, 6) is -0.486. The van der Waals surface area contributed by atoms with Crippen molar-refractivity contribution in [1.29, 1.82) is 0 Å². The van der Waals surface area contributed by atoms with Crippen molar-refractivity contribution in [2.45, 2.75) is 32.6 Å². The normalized spacial score (nSPS) is 17.5. The van der Waals surface area contributed by atoms with E-state index in [-0.39, 0.29) is 5.82 Å². The molecular weight excluding hydrogens is 321 g/mol. The van der Waals surface area contributed by atoms with Crippen molar-refractivity contribution >= 4 is 11.8 Å². The minimum atomic E-state index is -0.776. The molecule has 3 rings (SSSR count). The number of halogens is 1. The number of hydrogen-bond donors (Lipinski definition) is 1. The number of rotatable bonds is 5. The van der Waals surface area contributed by atoms with Crippen molar-refractivity contribution in [3.63, 3.8) is 0 Å². The Morgan fingerprint density at radius 3 is 2.88 bits per heavy atom. The molecule has 1 unspecified atom stereocenters. The molecule has 0 aliphatic carbocycles. The highest BCUT2D eigenvalue weighted by Gasteiger charge is 2.26. The first-order valence-electron chi connectivity index (χ1n) is 8.69. The van der Waals surface area contributed by atoms with Gasteiger partial charge in [0.05, 0.1) is 11.5 Å². The van der Waals surface area contributed by atoms with Crippen molar-refractivity contribution in [2.75, 3.05) is 18.0 Å². The molecule has 1 aromatic heterocycles. The molecule has 132 valence electrons. The molecule has 0 radical (unpaired) electrons. The molecule has 1 fully saturated rings. The van der Waals surface area contributed by atoms with Crippen LogP contribution in [0.4, 0.5) is 10.2 Å². The number of benzene rings is 1. The fraction of sp³-hybridized carbons (Fsp3) is 0.421. The lowest BCUT2D eigenvalue weighted by molar-refractivity contribution is -0.141. The Hall–Kier alpha value is -2.50. The van der Waals surface area contributed by atoms with E-state index in [1.807, 2.05) is 11.0 Å². The first kappa shape index (κ1) is 17.3. The Balaban J connectivity index is 1.98. The van der Waals surface area contributed by atoms with Crippen LogP contribution in [0.3, 0.4) is 0 Å². The largest absolute Gasteiger partial charge is 0.481 e. The van der Waals surface area contributed by atoms with Gasteiger partial charge >= 0.3 is 5.97 Å². The summed E-state index contributed by atoms with van der Waals surface area (Å²) in [6, 6.07) is 8.36. The maximum absolute atomic E-state index is 14.2. The van der Waals surface area contributed by atoms with Gasteiger partial charge in [-0.1, -0.05) is 25.5 Å². The highest BCUT2D eigenvalue weighted by molar-refractivity contribution is 5.71. The second-order valence-corrected chi connectivity index (χ2v) is 6.39. The van der Waals surface area contributed by atoms with Crippen molar-refractivity contribution in [3.8, 4) is 11.4 Å². The SMILES string of the molecule is CCCc1cc(N2CCCC(C(=O)O)C2)nc(-c2ccccc2F)n1. The van der Waals surface area contributed by atoms with Crippen molar-refractivity contribution in [1.82, 2.24) is 9.97 Å². The maximum Gasteiger partial charge on any atom is 0.308 e. The van der Waals surface area contributed by atoms with Gasteiger partial charge in [0.2, 0.25) is 0 Å². The summed E-state index contributed by atoms with van der Waals surface area (Å²) in [5.41, 5.74) is 1.22. The van der Waals surface area contributed by atoms with Gasteiger partial charge in [0, 0.05) is 24.8 Å². The van der Waals surface area contributed by atoms with Crippen LogP contribution in [0.25, 0.3) is 11.4 Å². The second-order valence-electron chi connectivity index (χ2n) is 6.39. The standard InChI is InChI=1S/C19H22FN3O2/c1-2-6-14-11-17(23-10-5-7-13(12-23)19(24)25)22-18(21-14)15-8-3-4-9-16(15)20/h3-4,8-9,11,13H,2,5-7,10,12H2,1H3,(H,24,25). The third-order valence-corrected chi connectivity index (χ3v) is 4.48. The Bertz CT molecular complexity index is 766. The van der Waals surface area contributed by atoms with Gasteiger partial charge in [0.25, 0.3) is 0 Å². The molecule has 2 aromatic rings. The molecule has 0 bridgehead atoms. The van der Waals surface area contributed by atoms with Crippen LogP contribution >= 0.6 is 0 Å². The average Bonchev–Trinajstić information content (AvgIpc) is 2.62. The number of aryl methyl sites for hydroxylation is 1. The monoisotopic (exact) mass is 343 g/mol. The summed E-state index contributed by atoms with van der Waals surface area (Å²) in [6.07, 6.45) is 3.18. The predicted octanol–water partition coefficient (Wildman–Crippen LogP) is 3.54. The Morgan fingerprint density at radius 2 is 2.16 bits per heavy atom. The zero-order valence-corrected chi connectivity index (χ0v) is 14.3. The van der Waals surface area contributed by atoms with Crippen LogP contribution < -0.4 is 4.90 Å². The molecule has 1 saturated heterocycles. The maximum atomic E-state index is 14.2. The third-order valence-electron chi connectivity index (χ3n) is 4.48. The molecule has 1 aliphatic rings. The van der Waals surface area contributed by atoms with Gasteiger partial charge in [-0.05, 0) is 31.4 Å². The van der Waals surface area contributed by atoms with Crippen LogP contribution in [0.15, 0.2) is 30.3 Å². The number of carboxylic acids is 1. The van der Waals surface area contributed by atoms with Gasteiger partial charge in [-0.25, -0.2) is 14.4 Å². The topological polar surface area (TPSA) is 66.3 Å². The molecule has 6 heteroatoms. The van der Waals surface area contributed by atoms with E-state index in [0.717, 1.165) is 31.5 Å². The van der Waals surface area contributed by atoms with Crippen LogP contribution in [0.5, 0.6) is 0 Å². The number of anilines is 1. The van der Waals surface area contributed by atoms with Crippen LogP contribution in [-0.4, -0.2) is 34.1 Å². The minimum Gasteiger partial charge on any atom is -0.481 e. The molecule has 2 heterocycles. The number of carbonyl (C=O) groups is 1. The number of aliphatic carboxylic acids is 1. The molecule has 0 amide bonds. The van der Waals surface area contributed by atoms with E-state index in [1.165, 1.54) is 6.07 Å². The molecule has 0 saturated carbocycles. The first-order chi connectivity index (χ1) is 12.1. The van der Waals surface area contributed by atoms with Crippen LogP contribution in [0.1, 0.15) is 31.9 Å². The fourth-order valence-electron chi connectivity index (χ4n) is 3.18. The van der Waals surface area contributed by atoms with Crippen LogP contribution in [-0.2, 0) is 11.2 Å². The number of carboxylic acid groups (broad SMARTS) is 1. The second kappa shape index (κ2) is 7.59. The summed E-state index contributed by atoms with van der Waals surface area (Å²) in [7, 11) is 0. The van der Waals surface area contributed by atoms with Gasteiger partial charge in [0.1, 0.15) is 11.6 Å². The van der Waals surface area contributed by atoms with E-state index < -0.39 is 11.9 Å². The van der Waals surface area contributed by atoms with Crippen LogP contribution in [0, 0.1) is 11.7 Å². The third kappa shape index (κ3) is 3.95. The van der Waals surface area contributed by atoms with E-state index in [0.29, 0.717) is 30.2 Å². The van der Waals surface area contributed by atoms with E-state index in [2.05, 4.69) is 16.9 Å². The number of nitrogens with zero attached hydrogens (tertiary/aromatic N) is 3. The molecule has 25 heavy (non-hydrogen) atoms. The lowest BCUT2D eigenvalue weighted by Gasteiger charge is -2.32. The number of piperidine rings is 1. The summed E-state index contributed by atoms with van der Waals surface area (Å²) >= 11 is 0. The Kier molecular flexibility index (Phi) is 5.26. The summed E-state index contributed by atoms with van der Waals surface area (Å²) < 4.78 is 14.2. The quantitative estimate of drug-likeness (QED) is 0.899. The lowest BCUT2D eigenvalue weighted by Crippen LogP contribution is -2.39. The Labute approximate surface area is 146 Å². The van der Waals surface area contributed by atoms with Gasteiger partial charge in [-0.15, -0.1) is 0 Å². The zero-order valence-electron chi connectivity index (χ0n) is 14.3. The van der Waals surface area contributed by atoms with E-state index in [4.69, 9.17) is 0 Å². The first-order valence-corrected chi connectivity index (χ1v) is 8.69. The van der Waals surface area contributed by atoms with Gasteiger partial charge < -0.3 is 10.0 Å². The van der Waals surface area contributed by atoms with Gasteiger partial charge in [0.15, 0.2) is 5.82 Å². The minimum absolute atomic E-state index is 0.357. The van der Waals surface area contributed by atoms with E-state index in [1.54, 1.807) is 18.2 Å². The van der Waals surface area contributed by atoms with Crippen molar-refractivity contribution in [2.24, 2.45) is 5.92 Å². The molecule has 1 N–H and O–H groups in total. The average molecular weight is 343 g/mol. The highest BCUT2D eigenvalue weighted by atomic mass is 19.1. The zero-order chi connectivity index (χ0) is 17.8. The summed E-state index contributed by atoms with van der Waals surface area (Å²) in [6.45, 7) is 3.24. The number of hydrogen-bond acceptors (Lipinski definition) is 4. The molecule has 1 aliphatic heterocycles. The van der Waals surface area contributed by atoms with Crippen molar-refractivity contribution < 1.29 is 14.3 Å². The molecule has 0 spiro atoms. The highest BCUT2D eigenvalue weighted by Crippen LogP contribution is 2.26. The fourth-order valence-corrected chi connectivity index (χ4v) is 3.18. The molecular formula is C19H22FN3O2. The van der Waals surface area contributed by atoms with Gasteiger partial charge in [-0.3, -0.25) is 4.79 Å². The molecule has 1 atom stereocenters. The van der Waals surface area contributed by atoms with E-state index in [9.17, 15) is 14.3 Å². The molecule has 5 nitrogen and oxygen atoms in total. The lowest BCUT2D eigenvalue weighted by atomic mass is 9.98. The van der Waals surface area contributed by atoms with Crippen molar-refractivity contribution in [3.05, 3.63) is 41.8 Å². The summed E-state index contributed by atoms with van der Waals surface area (Å²) in [4.78, 5) is 22.4. The van der Waals surface area contributed by atoms with Gasteiger partial charge in [-0.2, -0.15) is 0 Å². The summed E-state index contributed by atoms with van der Waals surface area (Å²) in [5, 5.41) is 9.30. The number of aromatic nitrogens is 2. The molecule has 1 aromatic carbocycles. The van der Waals surface area contributed by atoms with E-state index >= 15 is 0 Å². The van der Waals surface area contributed by atoms with Crippen LogP contribution in [0.2, 0.25) is 0 Å². The predicted molar refractivity (Wildman–Crippen MR) is 94.0 cm³/mol. The smallest absolute Gasteiger partial charge is 0.308 e. The Morgan fingerprint density at radius 1 is 1.36 bits per heavy atom.